The molecule has 0 spiro atoms. The topological polar surface area (TPSA) is 72.8 Å². The maximum Gasteiger partial charge on any atom is 0.344 e. The van der Waals surface area contributed by atoms with Crippen LogP contribution in [0.15, 0.2) is 18.2 Å². The molecule has 0 aromatic heterocycles. The molecule has 1 aromatic rings. The van der Waals surface area contributed by atoms with Crippen molar-refractivity contribution in [2.24, 2.45) is 5.92 Å². The first-order valence-electron chi connectivity index (χ1n) is 12.0. The van der Waals surface area contributed by atoms with Crippen LogP contribution < -0.4 is 9.47 Å². The van der Waals surface area contributed by atoms with E-state index in [-0.39, 0.29) is 5.97 Å². The molecule has 176 valence electrons. The van der Waals surface area contributed by atoms with Gasteiger partial charge in [-0.25, -0.2) is 4.79 Å². The summed E-state index contributed by atoms with van der Waals surface area (Å²) in [5.74, 6) is 0.0704. The van der Waals surface area contributed by atoms with E-state index in [4.69, 9.17) is 9.47 Å². The van der Waals surface area contributed by atoms with E-state index in [2.05, 4.69) is 20.8 Å². The molecule has 0 radical (unpaired) electrons. The number of hydrogen-bond donors (Lipinski definition) is 1. The summed E-state index contributed by atoms with van der Waals surface area (Å²) < 4.78 is 11.1. The first kappa shape index (κ1) is 27.0. The zero-order valence-electron chi connectivity index (χ0n) is 20.0. The van der Waals surface area contributed by atoms with Crippen molar-refractivity contribution < 1.29 is 24.2 Å². The van der Waals surface area contributed by atoms with E-state index < -0.39 is 12.1 Å². The highest BCUT2D eigenvalue weighted by Gasteiger charge is 2.20. The van der Waals surface area contributed by atoms with Crippen molar-refractivity contribution in [3.63, 3.8) is 0 Å². The molecule has 0 saturated heterocycles. The Balaban J connectivity index is 2.49. The average Bonchev–Trinajstić information content (AvgIpc) is 2.69. The summed E-state index contributed by atoms with van der Waals surface area (Å²) in [5.41, 5.74) is 0.853. The van der Waals surface area contributed by atoms with Gasteiger partial charge in [0.25, 0.3) is 0 Å². The molecular weight excluding hydrogens is 392 g/mol. The van der Waals surface area contributed by atoms with E-state index >= 15 is 0 Å². The molecule has 5 heteroatoms. The lowest BCUT2D eigenvalue weighted by Crippen LogP contribution is -2.27. The molecule has 0 aliphatic carbocycles. The molecule has 0 aliphatic heterocycles. The molecule has 1 unspecified atom stereocenters. The lowest BCUT2D eigenvalue weighted by atomic mass is 10.0. The number of rotatable bonds is 17. The largest absolute Gasteiger partial charge is 0.479 e. The fraction of sp³-hybridized carbons (Fsp3) is 0.692. The van der Waals surface area contributed by atoms with Gasteiger partial charge in [-0.3, -0.25) is 4.79 Å². The number of carbonyl (C=O) groups excluding carboxylic acids is 1. The minimum Gasteiger partial charge on any atom is -0.479 e. The molecule has 1 aromatic carbocycles. The molecule has 1 rings (SSSR count). The van der Waals surface area contributed by atoms with E-state index in [0.717, 1.165) is 31.2 Å². The summed E-state index contributed by atoms with van der Waals surface area (Å²) in [5, 5.41) is 9.57. The maximum atomic E-state index is 11.7. The van der Waals surface area contributed by atoms with Crippen LogP contribution in [0.3, 0.4) is 0 Å². The zero-order chi connectivity index (χ0) is 23.1. The Bertz CT molecular complexity index is 653. The summed E-state index contributed by atoms with van der Waals surface area (Å²) in [7, 11) is 0. The van der Waals surface area contributed by atoms with Gasteiger partial charge in [0.15, 0.2) is 6.10 Å². The van der Waals surface area contributed by atoms with Crippen LogP contribution in [0.2, 0.25) is 0 Å². The van der Waals surface area contributed by atoms with E-state index in [1.165, 1.54) is 51.9 Å². The number of carbonyl (C=O) groups is 2. The summed E-state index contributed by atoms with van der Waals surface area (Å²) in [6, 6.07) is 5.16. The summed E-state index contributed by atoms with van der Waals surface area (Å²) in [6.45, 7) is 7.76. The number of benzene rings is 1. The van der Waals surface area contributed by atoms with Gasteiger partial charge in [0.1, 0.15) is 11.5 Å². The van der Waals surface area contributed by atoms with Crippen LogP contribution in [0, 0.1) is 5.92 Å². The lowest BCUT2D eigenvalue weighted by molar-refractivity contribution is -0.145. The zero-order valence-corrected chi connectivity index (χ0v) is 20.0. The van der Waals surface area contributed by atoms with Crippen molar-refractivity contribution in [1.29, 1.82) is 0 Å². The van der Waals surface area contributed by atoms with Gasteiger partial charge >= 0.3 is 11.9 Å². The van der Waals surface area contributed by atoms with Gasteiger partial charge in [0.05, 0.1) is 0 Å². The minimum atomic E-state index is -0.939. The van der Waals surface area contributed by atoms with Crippen molar-refractivity contribution in [2.45, 2.75) is 111 Å². The van der Waals surface area contributed by atoms with Gasteiger partial charge in [-0.1, -0.05) is 78.6 Å². The van der Waals surface area contributed by atoms with E-state index in [0.29, 0.717) is 23.8 Å². The number of aliphatic carboxylic acids is 1. The van der Waals surface area contributed by atoms with Crippen molar-refractivity contribution in [1.82, 2.24) is 0 Å². The Labute approximate surface area is 188 Å². The number of hydrogen-bond acceptors (Lipinski definition) is 4. The summed E-state index contributed by atoms with van der Waals surface area (Å²) >= 11 is 0. The van der Waals surface area contributed by atoms with Crippen LogP contribution in [-0.4, -0.2) is 23.1 Å². The fourth-order valence-corrected chi connectivity index (χ4v) is 3.70. The number of unbranched alkanes of at least 4 members (excludes halogenated alkanes) is 9. The molecule has 5 nitrogen and oxygen atoms in total. The standard InChI is InChI=1S/C26H42O5/c1-5-6-7-8-9-10-11-12-13-14-15-25(26(28)29)31-23-16-17-24(30-21(4)27)22(19-23)18-20(2)3/h16-17,19-20,25H,5-15,18H2,1-4H3,(H,28,29). The monoisotopic (exact) mass is 434 g/mol. The smallest absolute Gasteiger partial charge is 0.344 e. The predicted molar refractivity (Wildman–Crippen MR) is 125 cm³/mol. The normalized spacial score (nSPS) is 12.0. The first-order chi connectivity index (χ1) is 14.8. The Morgan fingerprint density at radius 3 is 2.03 bits per heavy atom. The van der Waals surface area contributed by atoms with Crippen molar-refractivity contribution in [3.8, 4) is 11.5 Å². The molecule has 1 N–H and O–H groups in total. The molecular formula is C26H42O5. The van der Waals surface area contributed by atoms with Gasteiger partial charge in [0.2, 0.25) is 0 Å². The quantitative estimate of drug-likeness (QED) is 0.163. The van der Waals surface area contributed by atoms with Crippen LogP contribution in [-0.2, 0) is 16.0 Å². The van der Waals surface area contributed by atoms with Crippen molar-refractivity contribution in [2.75, 3.05) is 0 Å². The lowest BCUT2D eigenvalue weighted by Gasteiger charge is -2.17. The number of carboxylic acids is 1. The fourth-order valence-electron chi connectivity index (χ4n) is 3.70. The van der Waals surface area contributed by atoms with Crippen LogP contribution in [0.4, 0.5) is 0 Å². The van der Waals surface area contributed by atoms with E-state index in [1.54, 1.807) is 18.2 Å². The van der Waals surface area contributed by atoms with Crippen molar-refractivity contribution >= 4 is 11.9 Å². The molecule has 31 heavy (non-hydrogen) atoms. The van der Waals surface area contributed by atoms with Crippen LogP contribution in [0.25, 0.3) is 0 Å². The van der Waals surface area contributed by atoms with Gasteiger partial charge in [-0.2, -0.15) is 0 Å². The van der Waals surface area contributed by atoms with Crippen molar-refractivity contribution in [3.05, 3.63) is 23.8 Å². The highest BCUT2D eigenvalue weighted by molar-refractivity contribution is 5.73. The van der Waals surface area contributed by atoms with Gasteiger partial charge in [-0.15, -0.1) is 0 Å². The van der Waals surface area contributed by atoms with Crippen LogP contribution in [0.5, 0.6) is 11.5 Å². The molecule has 0 fully saturated rings. The number of esters is 1. The number of ether oxygens (including phenoxy) is 2. The maximum absolute atomic E-state index is 11.7. The molecule has 0 amide bonds. The Morgan fingerprint density at radius 1 is 0.935 bits per heavy atom. The minimum absolute atomic E-state index is 0.367. The highest BCUT2D eigenvalue weighted by Crippen LogP contribution is 2.28. The summed E-state index contributed by atoms with van der Waals surface area (Å²) in [4.78, 5) is 23.0. The van der Waals surface area contributed by atoms with E-state index in [9.17, 15) is 14.7 Å². The third kappa shape index (κ3) is 12.4. The van der Waals surface area contributed by atoms with E-state index in [1.807, 2.05) is 0 Å². The predicted octanol–water partition coefficient (Wildman–Crippen LogP) is 6.95. The first-order valence-corrected chi connectivity index (χ1v) is 12.0. The van der Waals surface area contributed by atoms with Gasteiger partial charge in [-0.05, 0) is 48.9 Å². The average molecular weight is 435 g/mol. The Kier molecular flexibility index (Phi) is 13.7. The second-order valence-electron chi connectivity index (χ2n) is 8.88. The molecule has 0 saturated carbocycles. The Hall–Kier alpha value is -2.04. The highest BCUT2D eigenvalue weighted by atomic mass is 16.5. The molecule has 0 aliphatic rings. The molecule has 1 atom stereocenters. The molecule has 0 bridgehead atoms. The van der Waals surface area contributed by atoms with Crippen LogP contribution >= 0.6 is 0 Å². The molecule has 0 heterocycles. The van der Waals surface area contributed by atoms with Crippen LogP contribution in [0.1, 0.15) is 104 Å². The third-order valence-corrected chi connectivity index (χ3v) is 5.29. The Morgan fingerprint density at radius 2 is 1.52 bits per heavy atom. The number of carboxylic acid groups (broad SMARTS) is 1. The second kappa shape index (κ2) is 15.7. The van der Waals surface area contributed by atoms with Gasteiger partial charge < -0.3 is 14.6 Å². The van der Waals surface area contributed by atoms with Gasteiger partial charge in [0, 0.05) is 6.92 Å². The second-order valence-corrected chi connectivity index (χ2v) is 8.88. The summed E-state index contributed by atoms with van der Waals surface area (Å²) in [6.07, 6.45) is 12.5. The third-order valence-electron chi connectivity index (χ3n) is 5.29. The SMILES string of the molecule is CCCCCCCCCCCCC(Oc1ccc(OC(C)=O)c(CC(C)C)c1)C(=O)O.